The monoisotopic (exact) mass is 368 g/mol. The molecule has 2 rings (SSSR count). The number of rotatable bonds is 10. The van der Waals surface area contributed by atoms with Crippen LogP contribution in [0.3, 0.4) is 0 Å². The Bertz CT molecular complexity index is 713. The largest absolute Gasteiger partial charge is 0.334 e. The third-order valence-corrected chi connectivity index (χ3v) is 5.57. The van der Waals surface area contributed by atoms with Crippen molar-refractivity contribution >= 4 is 11.5 Å². The van der Waals surface area contributed by atoms with E-state index in [-0.39, 0.29) is 5.91 Å². The van der Waals surface area contributed by atoms with Gasteiger partial charge in [-0.3, -0.25) is 4.79 Å². The second kappa shape index (κ2) is 9.89. The second-order valence-corrected chi connectivity index (χ2v) is 8.11. The summed E-state index contributed by atoms with van der Waals surface area (Å²) in [5.41, 5.74) is 12.3. The number of benzene rings is 1. The van der Waals surface area contributed by atoms with Crippen LogP contribution in [0.4, 0.5) is 0 Å². The third kappa shape index (κ3) is 5.10. The average molecular weight is 369 g/mol. The number of nitrogens with two attached hydrogens (primary N) is 1. The van der Waals surface area contributed by atoms with E-state index in [9.17, 15) is 4.79 Å². The maximum atomic E-state index is 13.2. The predicted octanol–water partition coefficient (Wildman–Crippen LogP) is 5.56. The van der Waals surface area contributed by atoms with Crippen molar-refractivity contribution in [1.29, 1.82) is 0 Å². The predicted molar refractivity (Wildman–Crippen MR) is 116 cm³/mol. The van der Waals surface area contributed by atoms with Crippen LogP contribution in [-0.2, 0) is 6.54 Å². The fraction of sp³-hybridized carbons (Fsp3) is 0.542. The molecule has 1 unspecified atom stereocenters. The molecule has 0 saturated heterocycles. The molecule has 1 aromatic carbocycles. The smallest absolute Gasteiger partial charge is 0.255 e. The van der Waals surface area contributed by atoms with Crippen LogP contribution in [-0.4, -0.2) is 23.9 Å². The van der Waals surface area contributed by atoms with Gasteiger partial charge in [-0.25, -0.2) is 0 Å². The molecule has 27 heavy (non-hydrogen) atoms. The summed E-state index contributed by atoms with van der Waals surface area (Å²) in [6, 6.07) is 6.20. The zero-order valence-corrected chi connectivity index (χ0v) is 17.6. The molecule has 0 aromatic heterocycles. The van der Waals surface area contributed by atoms with Crippen molar-refractivity contribution in [3.63, 3.8) is 0 Å². The Morgan fingerprint density at radius 3 is 2.56 bits per heavy atom. The van der Waals surface area contributed by atoms with Gasteiger partial charge < -0.3 is 10.6 Å². The standard InChI is InChI=1S/C24H36N2O/c1-6-7-8-10-19(15-25)13-14-26-16-20-11-9-12-21(23(20)24(26)27)22(17(2)3)18(4)5/h9,11-12,19H,2,6-8,10,13-16,25H2,1,3-5H3. The molecule has 1 aromatic rings. The van der Waals surface area contributed by atoms with E-state index in [1.807, 2.05) is 11.8 Å². The van der Waals surface area contributed by atoms with Gasteiger partial charge in [0.1, 0.15) is 0 Å². The number of hydrogen-bond acceptors (Lipinski definition) is 2. The van der Waals surface area contributed by atoms with Crippen molar-refractivity contribution in [2.75, 3.05) is 13.1 Å². The molecule has 0 aliphatic carbocycles. The van der Waals surface area contributed by atoms with Crippen LogP contribution in [0.5, 0.6) is 0 Å². The van der Waals surface area contributed by atoms with E-state index in [4.69, 9.17) is 5.73 Å². The minimum Gasteiger partial charge on any atom is -0.334 e. The SMILES string of the molecule is C=C(C)C(=C(C)C)c1cccc2c1C(=O)N(CCC(CN)CCCCC)C2. The van der Waals surface area contributed by atoms with E-state index in [0.29, 0.717) is 19.0 Å². The number of nitrogens with zero attached hydrogens (tertiary/aromatic N) is 1. The van der Waals surface area contributed by atoms with Crippen molar-refractivity contribution in [1.82, 2.24) is 4.90 Å². The first-order chi connectivity index (χ1) is 12.9. The summed E-state index contributed by atoms with van der Waals surface area (Å²) in [5.74, 6) is 0.668. The van der Waals surface area contributed by atoms with Crippen LogP contribution in [0.1, 0.15) is 81.3 Å². The summed E-state index contributed by atoms with van der Waals surface area (Å²) in [5, 5.41) is 0. The molecule has 1 atom stereocenters. The summed E-state index contributed by atoms with van der Waals surface area (Å²) >= 11 is 0. The van der Waals surface area contributed by atoms with Gasteiger partial charge in [0, 0.05) is 13.1 Å². The topological polar surface area (TPSA) is 46.3 Å². The third-order valence-electron chi connectivity index (χ3n) is 5.57. The average Bonchev–Trinajstić information content (AvgIpc) is 2.94. The molecule has 3 nitrogen and oxygen atoms in total. The lowest BCUT2D eigenvalue weighted by molar-refractivity contribution is 0.0768. The number of amides is 1. The van der Waals surface area contributed by atoms with Gasteiger partial charge in [-0.2, -0.15) is 0 Å². The van der Waals surface area contributed by atoms with E-state index >= 15 is 0 Å². The molecular weight excluding hydrogens is 332 g/mol. The molecule has 1 amide bonds. The Hall–Kier alpha value is -1.87. The molecule has 1 aliphatic heterocycles. The molecule has 0 bridgehead atoms. The van der Waals surface area contributed by atoms with Gasteiger partial charge in [-0.15, -0.1) is 0 Å². The number of fused-ring (bicyclic) bond motifs is 1. The molecule has 2 N–H and O–H groups in total. The Balaban J connectivity index is 2.15. The first-order valence-corrected chi connectivity index (χ1v) is 10.4. The summed E-state index contributed by atoms with van der Waals surface area (Å²) in [6.45, 7) is 14.8. The van der Waals surface area contributed by atoms with E-state index in [2.05, 4.69) is 45.5 Å². The number of allylic oxidation sites excluding steroid dienone is 3. The van der Waals surface area contributed by atoms with Crippen molar-refractivity contribution in [2.24, 2.45) is 11.7 Å². The zero-order chi connectivity index (χ0) is 20.0. The quantitative estimate of drug-likeness (QED) is 0.434. The van der Waals surface area contributed by atoms with Gasteiger partial charge >= 0.3 is 0 Å². The van der Waals surface area contributed by atoms with Crippen LogP contribution in [0.15, 0.2) is 35.9 Å². The highest BCUT2D eigenvalue weighted by Crippen LogP contribution is 2.34. The van der Waals surface area contributed by atoms with Crippen LogP contribution >= 0.6 is 0 Å². The lowest BCUT2D eigenvalue weighted by Crippen LogP contribution is -2.28. The molecule has 0 radical (unpaired) electrons. The highest BCUT2D eigenvalue weighted by molar-refractivity contribution is 6.04. The lowest BCUT2D eigenvalue weighted by Gasteiger charge is -2.20. The van der Waals surface area contributed by atoms with E-state index < -0.39 is 0 Å². The van der Waals surface area contributed by atoms with Crippen LogP contribution in [0.25, 0.3) is 5.57 Å². The fourth-order valence-corrected chi connectivity index (χ4v) is 4.14. The Morgan fingerprint density at radius 2 is 1.96 bits per heavy atom. The van der Waals surface area contributed by atoms with Crippen LogP contribution < -0.4 is 5.73 Å². The van der Waals surface area contributed by atoms with Crippen molar-refractivity contribution in [3.8, 4) is 0 Å². The number of unbranched alkanes of at least 4 members (excludes halogenated alkanes) is 2. The molecule has 0 fully saturated rings. The molecular formula is C24H36N2O. The minimum atomic E-state index is 0.157. The molecule has 1 aliphatic rings. The van der Waals surface area contributed by atoms with Gasteiger partial charge in [0.2, 0.25) is 0 Å². The molecule has 0 saturated carbocycles. The number of carbonyl (C=O) groups is 1. The van der Waals surface area contributed by atoms with Crippen molar-refractivity contribution < 1.29 is 4.79 Å². The lowest BCUT2D eigenvalue weighted by atomic mass is 9.90. The highest BCUT2D eigenvalue weighted by Gasteiger charge is 2.31. The normalized spacial score (nSPS) is 14.3. The number of hydrogen-bond donors (Lipinski definition) is 1. The van der Waals surface area contributed by atoms with Gasteiger partial charge in [0.25, 0.3) is 5.91 Å². The summed E-state index contributed by atoms with van der Waals surface area (Å²) in [7, 11) is 0. The maximum absolute atomic E-state index is 13.2. The molecule has 148 valence electrons. The van der Waals surface area contributed by atoms with Gasteiger partial charge in [0.15, 0.2) is 0 Å². The van der Waals surface area contributed by atoms with Gasteiger partial charge in [0.05, 0.1) is 5.56 Å². The molecule has 1 heterocycles. The summed E-state index contributed by atoms with van der Waals surface area (Å²) < 4.78 is 0. The fourth-order valence-electron chi connectivity index (χ4n) is 4.14. The Kier molecular flexibility index (Phi) is 7.85. The zero-order valence-electron chi connectivity index (χ0n) is 17.6. The van der Waals surface area contributed by atoms with Crippen LogP contribution in [0.2, 0.25) is 0 Å². The Labute approximate surface area is 165 Å². The summed E-state index contributed by atoms with van der Waals surface area (Å²) in [6.07, 6.45) is 5.89. The number of carbonyl (C=O) groups excluding carboxylic acids is 1. The van der Waals surface area contributed by atoms with Crippen molar-refractivity contribution in [3.05, 3.63) is 52.6 Å². The minimum absolute atomic E-state index is 0.157. The molecule has 0 spiro atoms. The van der Waals surface area contributed by atoms with Gasteiger partial charge in [-0.05, 0) is 62.8 Å². The first kappa shape index (κ1) is 21.4. The Morgan fingerprint density at radius 1 is 1.22 bits per heavy atom. The summed E-state index contributed by atoms with van der Waals surface area (Å²) in [4.78, 5) is 15.2. The van der Waals surface area contributed by atoms with Crippen molar-refractivity contribution in [2.45, 2.75) is 66.3 Å². The van der Waals surface area contributed by atoms with E-state index in [0.717, 1.165) is 40.8 Å². The second-order valence-electron chi connectivity index (χ2n) is 8.11. The van der Waals surface area contributed by atoms with E-state index in [1.165, 1.54) is 31.3 Å². The molecule has 3 heteroatoms. The highest BCUT2D eigenvalue weighted by atomic mass is 16.2. The van der Waals surface area contributed by atoms with E-state index in [1.54, 1.807) is 0 Å². The van der Waals surface area contributed by atoms with Crippen LogP contribution in [0, 0.1) is 5.92 Å². The first-order valence-electron chi connectivity index (χ1n) is 10.4. The maximum Gasteiger partial charge on any atom is 0.255 e. The van der Waals surface area contributed by atoms with Gasteiger partial charge in [-0.1, -0.05) is 62.1 Å².